The molecule has 6 heteroatoms. The van der Waals surface area contributed by atoms with Gasteiger partial charge in [0.2, 0.25) is 0 Å². The van der Waals surface area contributed by atoms with Crippen molar-refractivity contribution in [3.8, 4) is 0 Å². The van der Waals surface area contributed by atoms with Gasteiger partial charge in [-0.2, -0.15) is 0 Å². The summed E-state index contributed by atoms with van der Waals surface area (Å²) in [7, 11) is 0. The minimum atomic E-state index is -0.724. The number of anilines is 1. The highest BCUT2D eigenvalue weighted by molar-refractivity contribution is 9.11. The summed E-state index contributed by atoms with van der Waals surface area (Å²) in [6.07, 6.45) is 1.60. The topological polar surface area (TPSA) is 61.2 Å². The molecule has 0 radical (unpaired) electrons. The molecule has 2 amide bonds. The normalized spacial score (nSPS) is 9.53. The van der Waals surface area contributed by atoms with Crippen molar-refractivity contribution in [1.82, 2.24) is 0 Å². The van der Waals surface area contributed by atoms with Gasteiger partial charge in [-0.3, -0.25) is 9.59 Å². The van der Waals surface area contributed by atoms with E-state index in [0.717, 1.165) is 15.4 Å². The summed E-state index contributed by atoms with van der Waals surface area (Å²) in [5.74, 6) is -1.31. The third kappa shape index (κ3) is 3.10. The summed E-state index contributed by atoms with van der Waals surface area (Å²) in [6.45, 7) is 3.33. The van der Waals surface area contributed by atoms with E-state index in [1.165, 1.54) is 0 Å². The minimum absolute atomic E-state index is 0.367. The van der Waals surface area contributed by atoms with Crippen LogP contribution in [0.15, 0.2) is 39.8 Å². The van der Waals surface area contributed by atoms with Gasteiger partial charge in [0.1, 0.15) is 0 Å². The van der Waals surface area contributed by atoms with E-state index in [1.807, 2.05) is 0 Å². The van der Waals surface area contributed by atoms with E-state index in [9.17, 15) is 9.59 Å². The van der Waals surface area contributed by atoms with Crippen molar-refractivity contribution in [1.29, 1.82) is 5.41 Å². The second-order valence-electron chi connectivity index (χ2n) is 2.96. The van der Waals surface area contributed by atoms with E-state index in [0.29, 0.717) is 16.4 Å². The van der Waals surface area contributed by atoms with E-state index < -0.39 is 11.8 Å². The van der Waals surface area contributed by atoms with Crippen LogP contribution in [0, 0.1) is 5.41 Å². The number of imide groups is 1. The lowest BCUT2D eigenvalue weighted by Crippen LogP contribution is -2.36. The predicted octanol–water partition coefficient (Wildman–Crippen LogP) is 2.91. The number of carbonyl (C=O) groups excluding carboxylic acids is 2. The molecule has 1 rings (SSSR count). The molecule has 1 aromatic carbocycles. The summed E-state index contributed by atoms with van der Waals surface area (Å²) in [5.41, 5.74) is 0.367. The van der Waals surface area contributed by atoms with Crippen LogP contribution < -0.4 is 4.90 Å². The van der Waals surface area contributed by atoms with E-state index in [2.05, 4.69) is 38.4 Å². The average Bonchev–Trinajstić information content (AvgIpc) is 2.31. The van der Waals surface area contributed by atoms with E-state index in [-0.39, 0.29) is 0 Å². The van der Waals surface area contributed by atoms with Crippen LogP contribution in [0.5, 0.6) is 0 Å². The third-order valence-corrected chi connectivity index (χ3v) is 3.02. The lowest BCUT2D eigenvalue weighted by Gasteiger charge is -2.18. The standard InChI is InChI=1S/C11H8Br2N2O2/c1-2-10(16)15(11(17)6-14)9-4-3-7(12)5-8(9)13/h2-6,14H,1H2. The number of hydrogen-bond donors (Lipinski definition) is 1. The monoisotopic (exact) mass is 358 g/mol. The summed E-state index contributed by atoms with van der Waals surface area (Å²) in [5, 5.41) is 6.94. The van der Waals surface area contributed by atoms with Crippen molar-refractivity contribution in [3.05, 3.63) is 39.8 Å². The number of benzene rings is 1. The summed E-state index contributed by atoms with van der Waals surface area (Å²) < 4.78 is 1.37. The summed E-state index contributed by atoms with van der Waals surface area (Å²) in [6, 6.07) is 4.99. The number of nitrogens with one attached hydrogen (secondary N) is 1. The molecule has 0 spiro atoms. The fourth-order valence-corrected chi connectivity index (χ4v) is 2.39. The Hall–Kier alpha value is -1.27. The summed E-state index contributed by atoms with van der Waals surface area (Å²) >= 11 is 6.53. The molecule has 0 saturated carbocycles. The van der Waals surface area contributed by atoms with Crippen LogP contribution >= 0.6 is 31.9 Å². The van der Waals surface area contributed by atoms with Gasteiger partial charge in [-0.15, -0.1) is 0 Å². The molecule has 1 aromatic rings. The van der Waals surface area contributed by atoms with Crippen LogP contribution in [-0.2, 0) is 9.59 Å². The zero-order valence-corrected chi connectivity index (χ0v) is 11.8. The molecule has 0 aromatic heterocycles. The van der Waals surface area contributed by atoms with Gasteiger partial charge in [-0.25, -0.2) is 4.90 Å². The Bertz CT molecular complexity index is 480. The molecule has 0 saturated heterocycles. The molecule has 0 unspecified atom stereocenters. The Kier molecular flexibility index (Phi) is 4.77. The van der Waals surface area contributed by atoms with Crippen LogP contribution in [0.3, 0.4) is 0 Å². The van der Waals surface area contributed by atoms with Crippen LogP contribution in [0.1, 0.15) is 0 Å². The maximum Gasteiger partial charge on any atom is 0.275 e. The first kappa shape index (κ1) is 13.8. The maximum absolute atomic E-state index is 11.6. The molecule has 0 atom stereocenters. The number of hydrogen-bond acceptors (Lipinski definition) is 3. The van der Waals surface area contributed by atoms with Crippen LogP contribution in [0.4, 0.5) is 5.69 Å². The Morgan fingerprint density at radius 2 is 1.94 bits per heavy atom. The molecule has 1 N–H and O–H groups in total. The van der Waals surface area contributed by atoms with Crippen LogP contribution in [0.25, 0.3) is 0 Å². The predicted molar refractivity (Wildman–Crippen MR) is 73.3 cm³/mol. The van der Waals surface area contributed by atoms with Crippen molar-refractivity contribution in [2.75, 3.05) is 4.90 Å². The highest BCUT2D eigenvalue weighted by atomic mass is 79.9. The van der Waals surface area contributed by atoms with Gasteiger partial charge in [0.15, 0.2) is 0 Å². The molecule has 0 aliphatic heterocycles. The molecule has 0 bridgehead atoms. The van der Waals surface area contributed by atoms with Crippen molar-refractivity contribution >= 4 is 55.6 Å². The smallest absolute Gasteiger partial charge is 0.275 e. The van der Waals surface area contributed by atoms with Crippen molar-refractivity contribution in [2.24, 2.45) is 0 Å². The van der Waals surface area contributed by atoms with Gasteiger partial charge in [0.05, 0.1) is 11.9 Å². The highest BCUT2D eigenvalue weighted by Crippen LogP contribution is 2.29. The lowest BCUT2D eigenvalue weighted by atomic mass is 10.2. The second kappa shape index (κ2) is 5.88. The van der Waals surface area contributed by atoms with Crippen molar-refractivity contribution < 1.29 is 9.59 Å². The zero-order chi connectivity index (χ0) is 13.0. The third-order valence-electron chi connectivity index (χ3n) is 1.89. The van der Waals surface area contributed by atoms with Gasteiger partial charge in [0.25, 0.3) is 11.8 Å². The summed E-state index contributed by atoms with van der Waals surface area (Å²) in [4.78, 5) is 24.0. The largest absolute Gasteiger partial charge is 0.303 e. The van der Waals surface area contributed by atoms with E-state index in [1.54, 1.807) is 18.2 Å². The molecule has 0 heterocycles. The fourth-order valence-electron chi connectivity index (χ4n) is 1.16. The van der Waals surface area contributed by atoms with Crippen LogP contribution in [0.2, 0.25) is 0 Å². The SMILES string of the molecule is C=CC(=O)N(C(=O)C=N)c1ccc(Br)cc1Br. The lowest BCUT2D eigenvalue weighted by molar-refractivity contribution is -0.120. The first-order chi connectivity index (χ1) is 8.01. The molecule has 0 aliphatic carbocycles. The average molecular weight is 360 g/mol. The number of rotatable bonds is 3. The Balaban J connectivity index is 3.31. The highest BCUT2D eigenvalue weighted by Gasteiger charge is 2.21. The number of carbonyl (C=O) groups is 2. The van der Waals surface area contributed by atoms with Gasteiger partial charge in [-0.1, -0.05) is 22.5 Å². The molecular weight excluding hydrogens is 352 g/mol. The molecule has 4 nitrogen and oxygen atoms in total. The Morgan fingerprint density at radius 1 is 1.29 bits per heavy atom. The first-order valence-corrected chi connectivity index (χ1v) is 6.06. The molecule has 0 aliphatic rings. The first-order valence-electron chi connectivity index (χ1n) is 4.47. The fraction of sp³-hybridized carbons (Fsp3) is 0. The van der Waals surface area contributed by atoms with Crippen molar-refractivity contribution in [2.45, 2.75) is 0 Å². The molecular formula is C11H8Br2N2O2. The second-order valence-corrected chi connectivity index (χ2v) is 4.73. The minimum Gasteiger partial charge on any atom is -0.303 e. The van der Waals surface area contributed by atoms with Gasteiger partial charge in [-0.05, 0) is 40.2 Å². The Labute approximate surface area is 115 Å². The quantitative estimate of drug-likeness (QED) is 0.666. The number of nitrogens with zero attached hydrogens (tertiary/aromatic N) is 1. The Morgan fingerprint density at radius 3 is 2.41 bits per heavy atom. The molecule has 17 heavy (non-hydrogen) atoms. The zero-order valence-electron chi connectivity index (χ0n) is 8.61. The van der Waals surface area contributed by atoms with E-state index in [4.69, 9.17) is 5.41 Å². The van der Waals surface area contributed by atoms with Crippen molar-refractivity contribution in [3.63, 3.8) is 0 Å². The number of halogens is 2. The van der Waals surface area contributed by atoms with Crippen LogP contribution in [-0.4, -0.2) is 18.0 Å². The molecule has 0 fully saturated rings. The number of amides is 2. The van der Waals surface area contributed by atoms with Gasteiger partial charge < -0.3 is 5.41 Å². The maximum atomic E-state index is 11.6. The van der Waals surface area contributed by atoms with Gasteiger partial charge >= 0.3 is 0 Å². The molecule has 88 valence electrons. The van der Waals surface area contributed by atoms with E-state index >= 15 is 0 Å². The van der Waals surface area contributed by atoms with Gasteiger partial charge in [0, 0.05) is 8.95 Å².